The molecule has 4 aliphatic rings. The van der Waals surface area contributed by atoms with Crippen molar-refractivity contribution in [2.45, 2.75) is 97.2 Å². The molecule has 0 radical (unpaired) electrons. The lowest BCUT2D eigenvalue weighted by atomic mass is 9.45. The van der Waals surface area contributed by atoms with Crippen LogP contribution in [0.2, 0.25) is 0 Å². The molecule has 37 heavy (non-hydrogen) atoms. The quantitative estimate of drug-likeness (QED) is 0.376. The predicted molar refractivity (Wildman–Crippen MR) is 154 cm³/mol. The second-order valence-corrected chi connectivity index (χ2v) is 13.7. The summed E-state index contributed by atoms with van der Waals surface area (Å²) in [6.45, 7) is 7.31. The third-order valence-electron chi connectivity index (χ3n) is 12.2. The summed E-state index contributed by atoms with van der Waals surface area (Å²) in [4.78, 5) is 0. The highest BCUT2D eigenvalue weighted by Gasteiger charge is 2.59. The molecule has 0 bridgehead atoms. The summed E-state index contributed by atoms with van der Waals surface area (Å²) < 4.78 is 2.45. The van der Waals surface area contributed by atoms with Crippen molar-refractivity contribution in [2.24, 2.45) is 34.5 Å². The van der Waals surface area contributed by atoms with Gasteiger partial charge in [-0.05, 0) is 103 Å². The molecule has 1 aromatic heterocycles. The van der Waals surface area contributed by atoms with E-state index >= 15 is 0 Å². The van der Waals surface area contributed by atoms with Crippen molar-refractivity contribution in [1.29, 1.82) is 0 Å². The lowest BCUT2D eigenvalue weighted by molar-refractivity contribution is -0.107. The Hall–Kier alpha value is -2.06. The van der Waals surface area contributed by atoms with Crippen LogP contribution >= 0.6 is 0 Å². The summed E-state index contributed by atoms with van der Waals surface area (Å²) >= 11 is 0. The van der Waals surface area contributed by atoms with Crippen LogP contribution in [0.15, 0.2) is 60.8 Å². The Balaban J connectivity index is 1.09. The molecule has 2 heteroatoms. The van der Waals surface area contributed by atoms with Crippen molar-refractivity contribution in [3.05, 3.63) is 71.9 Å². The fourth-order valence-corrected chi connectivity index (χ4v) is 10.2. The standard InChI is InChI=1S/C35H46N2/c1-34-20-9-8-12-27(34)15-16-29-30-17-18-33(35(30,2)21-19-31(29)34)36-22-26-24-37(23-25-10-4-3-5-11-25)32-14-7-6-13-28(26)32/h3-7,10-11,13-14,24,27,29-31,33,36H,8-9,12,15-23H2,1-2H3/t27-,29+,30+,31+,33+,34+,35+/m1/s1. The Labute approximate surface area is 224 Å². The first-order valence-corrected chi connectivity index (χ1v) is 15.4. The van der Waals surface area contributed by atoms with Gasteiger partial charge in [0.05, 0.1) is 0 Å². The van der Waals surface area contributed by atoms with Crippen LogP contribution in [0.1, 0.15) is 89.2 Å². The van der Waals surface area contributed by atoms with E-state index in [1.807, 2.05) is 0 Å². The van der Waals surface area contributed by atoms with Gasteiger partial charge in [-0.3, -0.25) is 0 Å². The average molecular weight is 495 g/mol. The van der Waals surface area contributed by atoms with Gasteiger partial charge in [-0.15, -0.1) is 0 Å². The van der Waals surface area contributed by atoms with Gasteiger partial charge in [0.2, 0.25) is 0 Å². The van der Waals surface area contributed by atoms with Crippen molar-refractivity contribution >= 4 is 10.9 Å². The minimum absolute atomic E-state index is 0.474. The van der Waals surface area contributed by atoms with Crippen molar-refractivity contribution < 1.29 is 0 Å². The number of nitrogens with one attached hydrogen (secondary N) is 1. The summed E-state index contributed by atoms with van der Waals surface area (Å²) in [5, 5.41) is 5.57. The molecule has 196 valence electrons. The molecule has 0 unspecified atom stereocenters. The van der Waals surface area contributed by atoms with E-state index in [4.69, 9.17) is 0 Å². The van der Waals surface area contributed by atoms with Crippen LogP contribution in [0.25, 0.3) is 10.9 Å². The molecular formula is C35H46N2. The molecular weight excluding hydrogens is 448 g/mol. The van der Waals surface area contributed by atoms with Crippen molar-refractivity contribution in [3.8, 4) is 0 Å². The molecule has 0 spiro atoms. The lowest BCUT2D eigenvalue weighted by Crippen LogP contribution is -2.54. The van der Waals surface area contributed by atoms with Crippen molar-refractivity contribution in [1.82, 2.24) is 9.88 Å². The lowest BCUT2D eigenvalue weighted by Gasteiger charge is -2.60. The SMILES string of the molecule is C[C@]12CCCC[C@@H]1CC[C@@H]1[C@@H]2CC[C@]2(C)[C@@H](NCc3cn(Cc4ccccc4)c4ccccc34)CC[C@@H]12. The molecule has 0 saturated heterocycles. The molecule has 3 aromatic rings. The second kappa shape index (κ2) is 9.30. The molecule has 1 heterocycles. The number of hydrogen-bond donors (Lipinski definition) is 1. The number of para-hydroxylation sites is 1. The highest BCUT2D eigenvalue weighted by atomic mass is 15.0. The van der Waals surface area contributed by atoms with Crippen LogP contribution in [-0.4, -0.2) is 10.6 Å². The van der Waals surface area contributed by atoms with Crippen LogP contribution < -0.4 is 5.32 Å². The first kappa shape index (κ1) is 24.0. The Morgan fingerprint density at radius 2 is 1.59 bits per heavy atom. The summed E-state index contributed by atoms with van der Waals surface area (Å²) in [5.41, 5.74) is 5.31. The molecule has 4 aliphatic carbocycles. The molecule has 7 rings (SSSR count). The first-order valence-electron chi connectivity index (χ1n) is 15.4. The minimum atomic E-state index is 0.474. The summed E-state index contributed by atoms with van der Waals surface area (Å²) in [6.07, 6.45) is 17.2. The van der Waals surface area contributed by atoms with E-state index < -0.39 is 0 Å². The number of benzene rings is 2. The monoisotopic (exact) mass is 494 g/mol. The molecule has 0 aliphatic heterocycles. The smallest absolute Gasteiger partial charge is 0.0486 e. The van der Waals surface area contributed by atoms with Gasteiger partial charge in [0, 0.05) is 36.2 Å². The molecule has 0 amide bonds. The summed E-state index contributed by atoms with van der Waals surface area (Å²) in [5.74, 6) is 3.94. The number of rotatable bonds is 5. The maximum Gasteiger partial charge on any atom is 0.0486 e. The van der Waals surface area contributed by atoms with Gasteiger partial charge < -0.3 is 9.88 Å². The number of hydrogen-bond acceptors (Lipinski definition) is 1. The highest BCUT2D eigenvalue weighted by Crippen LogP contribution is 2.66. The zero-order valence-corrected chi connectivity index (χ0v) is 23.1. The van der Waals surface area contributed by atoms with Gasteiger partial charge in [0.15, 0.2) is 0 Å². The van der Waals surface area contributed by atoms with Gasteiger partial charge in [-0.2, -0.15) is 0 Å². The molecule has 2 nitrogen and oxygen atoms in total. The zero-order valence-electron chi connectivity index (χ0n) is 23.1. The highest BCUT2D eigenvalue weighted by molar-refractivity contribution is 5.84. The normalized spacial score (nSPS) is 37.2. The molecule has 2 aromatic carbocycles. The van der Waals surface area contributed by atoms with Crippen molar-refractivity contribution in [2.75, 3.05) is 0 Å². The molecule has 4 saturated carbocycles. The van der Waals surface area contributed by atoms with Gasteiger partial charge in [-0.25, -0.2) is 0 Å². The Morgan fingerprint density at radius 1 is 0.784 bits per heavy atom. The predicted octanol–water partition coefficient (Wildman–Crippen LogP) is 8.58. The Morgan fingerprint density at radius 3 is 2.49 bits per heavy atom. The van der Waals surface area contributed by atoms with Gasteiger partial charge in [0.25, 0.3) is 0 Å². The Kier molecular flexibility index (Phi) is 6.03. The fraction of sp³-hybridized carbons (Fsp3) is 0.600. The number of aromatic nitrogens is 1. The third-order valence-corrected chi connectivity index (χ3v) is 12.2. The molecule has 7 atom stereocenters. The number of fused-ring (bicyclic) bond motifs is 6. The second-order valence-electron chi connectivity index (χ2n) is 13.7. The zero-order chi connectivity index (χ0) is 25.0. The maximum atomic E-state index is 4.15. The Bertz CT molecular complexity index is 1240. The first-order chi connectivity index (χ1) is 18.1. The summed E-state index contributed by atoms with van der Waals surface area (Å²) in [6, 6.07) is 20.5. The van der Waals surface area contributed by atoms with Gasteiger partial charge in [-0.1, -0.05) is 75.2 Å². The van der Waals surface area contributed by atoms with Crippen LogP contribution in [0.4, 0.5) is 0 Å². The van der Waals surface area contributed by atoms with E-state index in [2.05, 4.69) is 84.5 Å². The topological polar surface area (TPSA) is 17.0 Å². The van der Waals surface area contributed by atoms with E-state index in [-0.39, 0.29) is 0 Å². The van der Waals surface area contributed by atoms with Crippen LogP contribution in [0.3, 0.4) is 0 Å². The largest absolute Gasteiger partial charge is 0.343 e. The van der Waals surface area contributed by atoms with Crippen LogP contribution in [0.5, 0.6) is 0 Å². The van der Waals surface area contributed by atoms with E-state index in [1.54, 1.807) is 0 Å². The van der Waals surface area contributed by atoms with Crippen LogP contribution in [0, 0.1) is 34.5 Å². The van der Waals surface area contributed by atoms with Crippen molar-refractivity contribution in [3.63, 3.8) is 0 Å². The third kappa shape index (κ3) is 3.92. The molecule has 1 N–H and O–H groups in total. The van der Waals surface area contributed by atoms with E-state index in [0.29, 0.717) is 16.9 Å². The van der Waals surface area contributed by atoms with Crippen LogP contribution in [-0.2, 0) is 13.1 Å². The maximum absolute atomic E-state index is 4.15. The van der Waals surface area contributed by atoms with E-state index in [1.165, 1.54) is 86.2 Å². The minimum Gasteiger partial charge on any atom is -0.343 e. The number of nitrogens with zero attached hydrogens (tertiary/aromatic N) is 1. The fourth-order valence-electron chi connectivity index (χ4n) is 10.2. The molecule has 4 fully saturated rings. The average Bonchev–Trinajstić information content (AvgIpc) is 3.44. The van der Waals surface area contributed by atoms with E-state index in [9.17, 15) is 0 Å². The van der Waals surface area contributed by atoms with Gasteiger partial charge >= 0.3 is 0 Å². The summed E-state index contributed by atoms with van der Waals surface area (Å²) in [7, 11) is 0. The van der Waals surface area contributed by atoms with E-state index in [0.717, 1.165) is 36.8 Å². The van der Waals surface area contributed by atoms with Gasteiger partial charge in [0.1, 0.15) is 0 Å².